The molecule has 0 aliphatic rings. The number of halogens is 2. The van der Waals surface area contributed by atoms with Crippen LogP contribution in [-0.2, 0) is 11.8 Å². The van der Waals surface area contributed by atoms with Gasteiger partial charge in [0, 0.05) is 22.8 Å². The van der Waals surface area contributed by atoms with E-state index in [-0.39, 0.29) is 11.9 Å². The lowest BCUT2D eigenvalue weighted by molar-refractivity contribution is 0.102. The van der Waals surface area contributed by atoms with Gasteiger partial charge in [-0.2, -0.15) is 0 Å². The Kier molecular flexibility index (Phi) is 5.76. The number of rotatable bonds is 5. The zero-order chi connectivity index (χ0) is 17.9. The molecule has 0 atom stereocenters. The second kappa shape index (κ2) is 7.85. The van der Waals surface area contributed by atoms with Crippen molar-refractivity contribution in [3.63, 3.8) is 0 Å². The molecule has 3 aromatic carbocycles. The van der Waals surface area contributed by atoms with Crippen LogP contribution in [0.1, 0.15) is 10.4 Å². The van der Waals surface area contributed by atoms with Crippen molar-refractivity contribution in [2.75, 3.05) is 6.16 Å². The van der Waals surface area contributed by atoms with E-state index in [1.807, 2.05) is 60.7 Å². The summed E-state index contributed by atoms with van der Waals surface area (Å²) in [5.74, 6) is -0.0577. The molecule has 0 aliphatic heterocycles. The van der Waals surface area contributed by atoms with Crippen molar-refractivity contribution in [1.82, 2.24) is 0 Å². The summed E-state index contributed by atoms with van der Waals surface area (Å²) in [6, 6.07) is 22.4. The summed E-state index contributed by atoms with van der Waals surface area (Å²) in [6.45, 7) is 0. The Labute approximate surface area is 162 Å². The van der Waals surface area contributed by atoms with Crippen molar-refractivity contribution in [2.24, 2.45) is 0 Å². The molecule has 0 spiro atoms. The van der Waals surface area contributed by atoms with E-state index >= 15 is 0 Å². The van der Waals surface area contributed by atoms with Crippen LogP contribution >= 0.6 is 29.2 Å². The van der Waals surface area contributed by atoms with Crippen LogP contribution in [0.3, 0.4) is 0 Å². The Balaban J connectivity index is 2.05. The molecule has 126 valence electrons. The second-order valence-corrected chi connectivity index (χ2v) is 11.2. The SMILES string of the molecule is O=C(CP(=S)(c1ccccc1)c1ccccc1)c1ccc(Cl)cc1Cl. The zero-order valence-corrected chi connectivity index (χ0v) is 16.5. The third kappa shape index (κ3) is 4.04. The van der Waals surface area contributed by atoms with Crippen LogP contribution in [0.4, 0.5) is 0 Å². The lowest BCUT2D eigenvalue weighted by Crippen LogP contribution is -2.22. The molecular formula is C20H15Cl2OPS. The maximum absolute atomic E-state index is 13.0. The summed E-state index contributed by atoms with van der Waals surface area (Å²) in [5.41, 5.74) is 0.465. The fourth-order valence-electron chi connectivity index (χ4n) is 2.67. The van der Waals surface area contributed by atoms with Crippen LogP contribution in [0.5, 0.6) is 0 Å². The lowest BCUT2D eigenvalue weighted by Gasteiger charge is -2.23. The van der Waals surface area contributed by atoms with Gasteiger partial charge in [0.2, 0.25) is 0 Å². The first-order chi connectivity index (χ1) is 12.0. The fraction of sp³-hybridized carbons (Fsp3) is 0.0500. The molecule has 0 saturated heterocycles. The number of carbonyl (C=O) groups is 1. The predicted molar refractivity (Wildman–Crippen MR) is 112 cm³/mol. The zero-order valence-electron chi connectivity index (χ0n) is 13.2. The van der Waals surface area contributed by atoms with Gasteiger partial charge in [-0.25, -0.2) is 0 Å². The third-order valence-electron chi connectivity index (χ3n) is 3.94. The van der Waals surface area contributed by atoms with E-state index in [0.29, 0.717) is 15.6 Å². The molecular weight excluding hydrogens is 390 g/mol. The molecule has 3 rings (SSSR count). The molecule has 0 radical (unpaired) electrons. The van der Waals surface area contributed by atoms with Crippen molar-refractivity contribution in [3.05, 3.63) is 94.5 Å². The topological polar surface area (TPSA) is 17.1 Å². The lowest BCUT2D eigenvalue weighted by atomic mass is 10.1. The van der Waals surface area contributed by atoms with E-state index in [4.69, 9.17) is 35.0 Å². The summed E-state index contributed by atoms with van der Waals surface area (Å²) in [7, 11) is 0. The minimum atomic E-state index is -2.29. The minimum absolute atomic E-state index is 0.0577. The number of Topliss-reactive ketones (excluding diaryl/α,β-unsaturated/α-hetero) is 1. The van der Waals surface area contributed by atoms with Crippen LogP contribution < -0.4 is 10.6 Å². The molecule has 0 bridgehead atoms. The fourth-order valence-corrected chi connectivity index (χ4v) is 6.81. The maximum Gasteiger partial charge on any atom is 0.170 e. The molecule has 0 heterocycles. The second-order valence-electron chi connectivity index (χ2n) is 5.62. The summed E-state index contributed by atoms with van der Waals surface area (Å²) < 4.78 is 0. The molecule has 0 aromatic heterocycles. The number of benzene rings is 3. The van der Waals surface area contributed by atoms with Crippen molar-refractivity contribution in [1.29, 1.82) is 0 Å². The van der Waals surface area contributed by atoms with E-state index in [2.05, 4.69) is 0 Å². The van der Waals surface area contributed by atoms with Gasteiger partial charge in [0.1, 0.15) is 0 Å². The number of hydrogen-bond acceptors (Lipinski definition) is 2. The average molecular weight is 405 g/mol. The van der Waals surface area contributed by atoms with E-state index in [1.165, 1.54) is 0 Å². The van der Waals surface area contributed by atoms with Crippen molar-refractivity contribution >= 4 is 57.4 Å². The molecule has 5 heteroatoms. The van der Waals surface area contributed by atoms with Gasteiger partial charge in [0.25, 0.3) is 0 Å². The smallest absolute Gasteiger partial charge is 0.170 e. The Morgan fingerprint density at radius 3 is 1.84 bits per heavy atom. The highest BCUT2D eigenvalue weighted by atomic mass is 35.5. The van der Waals surface area contributed by atoms with Gasteiger partial charge in [0.05, 0.1) is 5.02 Å². The van der Waals surface area contributed by atoms with Crippen molar-refractivity contribution in [3.8, 4) is 0 Å². The average Bonchev–Trinajstić information content (AvgIpc) is 2.63. The summed E-state index contributed by atoms with van der Waals surface area (Å²) in [5, 5.41) is 2.91. The van der Waals surface area contributed by atoms with Gasteiger partial charge in [-0.05, 0) is 28.8 Å². The van der Waals surface area contributed by atoms with Gasteiger partial charge < -0.3 is 0 Å². The summed E-state index contributed by atoms with van der Waals surface area (Å²) >= 11 is 18.3. The van der Waals surface area contributed by atoms with Crippen molar-refractivity contribution in [2.45, 2.75) is 0 Å². The quantitative estimate of drug-likeness (QED) is 0.423. The predicted octanol–water partition coefficient (Wildman–Crippen LogP) is 5.31. The Morgan fingerprint density at radius 1 is 0.840 bits per heavy atom. The van der Waals surface area contributed by atoms with Crippen LogP contribution in [-0.4, -0.2) is 11.9 Å². The third-order valence-corrected chi connectivity index (χ3v) is 9.14. The standard InChI is InChI=1S/C20H15Cl2OPS/c21-15-11-12-18(19(22)13-15)20(23)14-24(25,16-7-3-1-4-8-16)17-9-5-2-6-10-17/h1-13H,14H2. The highest BCUT2D eigenvalue weighted by molar-refractivity contribution is 8.22. The van der Waals surface area contributed by atoms with Crippen LogP contribution in [0.15, 0.2) is 78.9 Å². The molecule has 0 aliphatic carbocycles. The number of ketones is 1. The highest BCUT2D eigenvalue weighted by Gasteiger charge is 2.26. The molecule has 0 fully saturated rings. The molecule has 3 aromatic rings. The van der Waals surface area contributed by atoms with Gasteiger partial charge in [0.15, 0.2) is 5.78 Å². The normalized spacial score (nSPS) is 11.3. The largest absolute Gasteiger partial charge is 0.294 e. The van der Waals surface area contributed by atoms with E-state index in [1.54, 1.807) is 18.2 Å². The summed E-state index contributed by atoms with van der Waals surface area (Å²) in [6.07, 6.45) is 0.248. The monoisotopic (exact) mass is 404 g/mol. The number of carbonyl (C=O) groups excluding carboxylic acids is 1. The Bertz CT molecular complexity index is 899. The van der Waals surface area contributed by atoms with Gasteiger partial charge >= 0.3 is 0 Å². The van der Waals surface area contributed by atoms with E-state index < -0.39 is 6.04 Å². The molecule has 0 unspecified atom stereocenters. The van der Waals surface area contributed by atoms with Gasteiger partial charge in [-0.3, -0.25) is 4.79 Å². The first-order valence-corrected chi connectivity index (χ1v) is 11.4. The van der Waals surface area contributed by atoms with Gasteiger partial charge in [-0.1, -0.05) is 95.7 Å². The van der Waals surface area contributed by atoms with E-state index in [9.17, 15) is 4.79 Å². The first kappa shape index (κ1) is 18.4. The van der Waals surface area contributed by atoms with E-state index in [0.717, 1.165) is 10.6 Å². The van der Waals surface area contributed by atoms with Crippen LogP contribution in [0, 0.1) is 0 Å². The number of hydrogen-bond donors (Lipinski definition) is 0. The molecule has 0 N–H and O–H groups in total. The highest BCUT2D eigenvalue weighted by Crippen LogP contribution is 2.44. The molecule has 0 amide bonds. The van der Waals surface area contributed by atoms with Crippen LogP contribution in [0.2, 0.25) is 10.0 Å². The summed E-state index contributed by atoms with van der Waals surface area (Å²) in [4.78, 5) is 13.0. The first-order valence-electron chi connectivity index (χ1n) is 7.69. The molecule has 1 nitrogen and oxygen atoms in total. The maximum atomic E-state index is 13.0. The van der Waals surface area contributed by atoms with Crippen LogP contribution in [0.25, 0.3) is 0 Å². The minimum Gasteiger partial charge on any atom is -0.294 e. The Morgan fingerprint density at radius 2 is 1.36 bits per heavy atom. The Hall–Kier alpha value is -1.44. The van der Waals surface area contributed by atoms with Crippen molar-refractivity contribution < 1.29 is 4.79 Å². The van der Waals surface area contributed by atoms with Gasteiger partial charge in [-0.15, -0.1) is 0 Å². The molecule has 25 heavy (non-hydrogen) atoms. The molecule has 0 saturated carbocycles.